The number of carbonyl (C=O) groups excluding carboxylic acids is 2. The zero-order valence-electron chi connectivity index (χ0n) is 15.7. The first-order valence-electron chi connectivity index (χ1n) is 8.45. The van der Waals surface area contributed by atoms with Gasteiger partial charge in [-0.05, 0) is 37.6 Å². The number of esters is 2. The Morgan fingerprint density at radius 3 is 2.68 bits per heavy atom. The molecule has 0 aliphatic rings. The normalized spacial score (nSPS) is 10.7. The quantitative estimate of drug-likeness (QED) is 0.441. The number of methoxy groups -OCH3 is 1. The van der Waals surface area contributed by atoms with E-state index in [0.717, 1.165) is 11.3 Å². The summed E-state index contributed by atoms with van der Waals surface area (Å²) in [5.41, 5.74) is 1.13. The van der Waals surface area contributed by atoms with Gasteiger partial charge < -0.3 is 18.9 Å². The third-order valence-electron chi connectivity index (χ3n) is 3.31. The molecule has 0 aliphatic heterocycles. The lowest BCUT2D eigenvalue weighted by molar-refractivity contribution is -0.139. The average Bonchev–Trinajstić information content (AvgIpc) is 3.14. The second-order valence-electron chi connectivity index (χ2n) is 5.27. The van der Waals surface area contributed by atoms with E-state index in [9.17, 15) is 9.59 Å². The summed E-state index contributed by atoms with van der Waals surface area (Å²) in [6.45, 7) is 4.23. The molecule has 0 bridgehead atoms. The molecule has 2 aromatic rings. The number of ether oxygens (including phenoxy) is 4. The molecule has 7 nitrogen and oxygen atoms in total. The van der Waals surface area contributed by atoms with Crippen molar-refractivity contribution >= 4 is 41.0 Å². The Balaban J connectivity index is 1.97. The van der Waals surface area contributed by atoms with Crippen LogP contribution in [0.5, 0.6) is 11.5 Å². The first-order chi connectivity index (χ1) is 13.5. The van der Waals surface area contributed by atoms with Crippen molar-refractivity contribution in [1.29, 1.82) is 0 Å². The van der Waals surface area contributed by atoms with Gasteiger partial charge in [0.25, 0.3) is 0 Å². The maximum atomic E-state index is 11.9. The zero-order chi connectivity index (χ0) is 20.5. The van der Waals surface area contributed by atoms with E-state index >= 15 is 0 Å². The Labute approximate surface area is 171 Å². The number of halogens is 1. The molecule has 1 heterocycles. The Kier molecular flexibility index (Phi) is 8.28. The van der Waals surface area contributed by atoms with Gasteiger partial charge in [0.2, 0.25) is 5.01 Å². The molecule has 0 saturated heterocycles. The van der Waals surface area contributed by atoms with E-state index < -0.39 is 11.9 Å². The van der Waals surface area contributed by atoms with Crippen molar-refractivity contribution < 1.29 is 28.5 Å². The molecule has 0 unspecified atom stereocenters. The highest BCUT2D eigenvalue weighted by Gasteiger charge is 2.13. The fourth-order valence-corrected chi connectivity index (χ4v) is 3.15. The standard InChI is InChI=1S/C19H20ClNO6S/c1-4-25-15-9-12(8-14(20)17(15)24-3)6-7-16(22)27-10-13-11-28-18(21-13)19(23)26-5-2/h6-9,11H,4-5,10H2,1-3H3. The summed E-state index contributed by atoms with van der Waals surface area (Å²) in [5.74, 6) is -0.134. The Morgan fingerprint density at radius 1 is 1.21 bits per heavy atom. The highest BCUT2D eigenvalue weighted by Crippen LogP contribution is 2.36. The topological polar surface area (TPSA) is 84.0 Å². The highest BCUT2D eigenvalue weighted by atomic mass is 35.5. The van der Waals surface area contributed by atoms with Crippen molar-refractivity contribution in [1.82, 2.24) is 4.98 Å². The van der Waals surface area contributed by atoms with E-state index in [2.05, 4.69) is 4.98 Å². The van der Waals surface area contributed by atoms with Gasteiger partial charge in [-0.1, -0.05) is 11.6 Å². The van der Waals surface area contributed by atoms with Crippen molar-refractivity contribution in [3.63, 3.8) is 0 Å². The number of benzene rings is 1. The van der Waals surface area contributed by atoms with Gasteiger partial charge in [-0.25, -0.2) is 14.6 Å². The van der Waals surface area contributed by atoms with Crippen LogP contribution in [0.1, 0.15) is 34.9 Å². The van der Waals surface area contributed by atoms with Crippen LogP contribution in [0.2, 0.25) is 5.02 Å². The van der Waals surface area contributed by atoms with Gasteiger partial charge in [0.1, 0.15) is 6.61 Å². The molecule has 0 fully saturated rings. The molecule has 0 atom stereocenters. The van der Waals surface area contributed by atoms with Gasteiger partial charge in [0.15, 0.2) is 11.5 Å². The fourth-order valence-electron chi connectivity index (χ4n) is 2.16. The van der Waals surface area contributed by atoms with Crippen molar-refractivity contribution in [2.24, 2.45) is 0 Å². The minimum absolute atomic E-state index is 0.0490. The van der Waals surface area contributed by atoms with Crippen molar-refractivity contribution in [3.05, 3.63) is 44.9 Å². The Hall–Kier alpha value is -2.58. The number of hydrogen-bond donors (Lipinski definition) is 0. The molecule has 1 aromatic heterocycles. The largest absolute Gasteiger partial charge is 0.491 e. The Morgan fingerprint density at radius 2 is 2.00 bits per heavy atom. The lowest BCUT2D eigenvalue weighted by Gasteiger charge is -2.11. The molecule has 0 spiro atoms. The second-order valence-corrected chi connectivity index (χ2v) is 6.54. The lowest BCUT2D eigenvalue weighted by Crippen LogP contribution is -2.05. The molecular weight excluding hydrogens is 406 g/mol. The summed E-state index contributed by atoms with van der Waals surface area (Å²) in [7, 11) is 1.50. The zero-order valence-corrected chi connectivity index (χ0v) is 17.3. The van der Waals surface area contributed by atoms with Crippen LogP contribution < -0.4 is 9.47 Å². The number of hydrogen-bond acceptors (Lipinski definition) is 8. The summed E-state index contributed by atoms with van der Waals surface area (Å²) in [6, 6.07) is 3.36. The molecule has 2 rings (SSSR count). The molecule has 0 amide bonds. The van der Waals surface area contributed by atoms with Gasteiger partial charge >= 0.3 is 11.9 Å². The van der Waals surface area contributed by atoms with Crippen LogP contribution in [-0.4, -0.2) is 37.2 Å². The minimum atomic E-state index is -0.560. The molecule has 28 heavy (non-hydrogen) atoms. The van der Waals surface area contributed by atoms with Crippen LogP contribution in [0.15, 0.2) is 23.6 Å². The number of aromatic nitrogens is 1. The van der Waals surface area contributed by atoms with Gasteiger partial charge in [-0.2, -0.15) is 0 Å². The van der Waals surface area contributed by atoms with Gasteiger partial charge in [0.05, 0.1) is 31.0 Å². The fraction of sp³-hybridized carbons (Fsp3) is 0.316. The number of thiazole rings is 1. The Bertz CT molecular complexity index is 864. The summed E-state index contributed by atoms with van der Waals surface area (Å²) < 4.78 is 20.7. The number of nitrogens with zero attached hydrogens (tertiary/aromatic N) is 1. The summed E-state index contributed by atoms with van der Waals surface area (Å²) in [6.07, 6.45) is 2.83. The van der Waals surface area contributed by atoms with Crippen LogP contribution in [0.3, 0.4) is 0 Å². The molecule has 0 radical (unpaired) electrons. The average molecular weight is 426 g/mol. The third kappa shape index (κ3) is 5.97. The van der Waals surface area contributed by atoms with Crippen LogP contribution in [-0.2, 0) is 20.9 Å². The molecule has 0 aliphatic carbocycles. The van der Waals surface area contributed by atoms with Crippen molar-refractivity contribution in [2.45, 2.75) is 20.5 Å². The van der Waals surface area contributed by atoms with E-state index in [-0.39, 0.29) is 18.2 Å². The monoisotopic (exact) mass is 425 g/mol. The summed E-state index contributed by atoms with van der Waals surface area (Å²) in [5, 5.41) is 2.23. The molecule has 1 aromatic carbocycles. The summed E-state index contributed by atoms with van der Waals surface area (Å²) >= 11 is 7.31. The maximum absolute atomic E-state index is 11.9. The predicted octanol–water partition coefficient (Wildman–Crippen LogP) is 4.14. The van der Waals surface area contributed by atoms with Crippen LogP contribution >= 0.6 is 22.9 Å². The molecule has 9 heteroatoms. The molecule has 0 saturated carbocycles. The van der Waals surface area contributed by atoms with E-state index in [4.69, 9.17) is 30.5 Å². The SMILES string of the molecule is CCOC(=O)c1nc(COC(=O)C=Cc2cc(Cl)c(OC)c(OCC)c2)cs1. The predicted molar refractivity (Wildman–Crippen MR) is 106 cm³/mol. The second kappa shape index (κ2) is 10.7. The van der Waals surface area contributed by atoms with Crippen LogP contribution in [0.25, 0.3) is 6.08 Å². The van der Waals surface area contributed by atoms with Gasteiger partial charge in [0, 0.05) is 11.5 Å². The minimum Gasteiger partial charge on any atom is -0.491 e. The van der Waals surface area contributed by atoms with E-state index in [1.54, 1.807) is 30.5 Å². The molecular formula is C19H20ClNO6S. The lowest BCUT2D eigenvalue weighted by atomic mass is 10.2. The van der Waals surface area contributed by atoms with Crippen molar-refractivity contribution in [3.8, 4) is 11.5 Å². The summed E-state index contributed by atoms with van der Waals surface area (Å²) in [4.78, 5) is 27.6. The number of rotatable bonds is 9. The van der Waals surface area contributed by atoms with Crippen LogP contribution in [0.4, 0.5) is 0 Å². The smallest absolute Gasteiger partial charge is 0.367 e. The first kappa shape index (κ1) is 21.7. The molecule has 0 N–H and O–H groups in total. The third-order valence-corrected chi connectivity index (χ3v) is 4.46. The van der Waals surface area contributed by atoms with Crippen LogP contribution in [0, 0.1) is 0 Å². The van der Waals surface area contributed by atoms with E-state index in [1.165, 1.54) is 13.2 Å². The van der Waals surface area contributed by atoms with E-state index in [1.807, 2.05) is 6.92 Å². The van der Waals surface area contributed by atoms with Gasteiger partial charge in [-0.15, -0.1) is 11.3 Å². The van der Waals surface area contributed by atoms with E-state index in [0.29, 0.717) is 34.4 Å². The first-order valence-corrected chi connectivity index (χ1v) is 9.70. The highest BCUT2D eigenvalue weighted by molar-refractivity contribution is 7.11. The van der Waals surface area contributed by atoms with Crippen molar-refractivity contribution in [2.75, 3.05) is 20.3 Å². The maximum Gasteiger partial charge on any atom is 0.367 e. The van der Waals surface area contributed by atoms with Gasteiger partial charge in [-0.3, -0.25) is 0 Å². The molecule has 150 valence electrons. The number of carbonyl (C=O) groups is 2.